The SMILES string of the molecule is CC(Nc1nc(NN)nc(-n2ccnc2)n1)C(C)(C)C. The van der Waals surface area contributed by atoms with Crippen molar-refractivity contribution in [3.63, 3.8) is 0 Å². The molecule has 1 unspecified atom stereocenters. The number of rotatable bonds is 4. The molecule has 20 heavy (non-hydrogen) atoms. The Morgan fingerprint density at radius 2 is 1.90 bits per heavy atom. The smallest absolute Gasteiger partial charge is 0.243 e. The molecule has 2 rings (SSSR count). The Morgan fingerprint density at radius 3 is 2.45 bits per heavy atom. The lowest BCUT2D eigenvalue weighted by Crippen LogP contribution is -2.32. The lowest BCUT2D eigenvalue weighted by Gasteiger charge is -2.28. The molecule has 0 radical (unpaired) electrons. The van der Waals surface area contributed by atoms with E-state index < -0.39 is 0 Å². The second kappa shape index (κ2) is 5.41. The third-order valence-electron chi connectivity index (χ3n) is 3.13. The van der Waals surface area contributed by atoms with Crippen LogP contribution in [-0.4, -0.2) is 30.5 Å². The van der Waals surface area contributed by atoms with Crippen LogP contribution in [0, 0.1) is 5.41 Å². The number of hydrazine groups is 1. The first-order valence-electron chi connectivity index (χ1n) is 6.37. The quantitative estimate of drug-likeness (QED) is 0.568. The Balaban J connectivity index is 2.32. The van der Waals surface area contributed by atoms with E-state index in [0.29, 0.717) is 17.8 Å². The van der Waals surface area contributed by atoms with Crippen LogP contribution in [0.15, 0.2) is 18.7 Å². The molecule has 8 heteroatoms. The van der Waals surface area contributed by atoms with E-state index >= 15 is 0 Å². The molecule has 0 saturated carbocycles. The highest BCUT2D eigenvalue weighted by atomic mass is 15.4. The highest BCUT2D eigenvalue weighted by molar-refractivity contribution is 5.38. The molecule has 0 aliphatic heterocycles. The predicted molar refractivity (Wildman–Crippen MR) is 77.3 cm³/mol. The highest BCUT2D eigenvalue weighted by Gasteiger charge is 2.21. The van der Waals surface area contributed by atoms with Gasteiger partial charge in [0, 0.05) is 18.4 Å². The van der Waals surface area contributed by atoms with E-state index in [0.717, 1.165) is 0 Å². The van der Waals surface area contributed by atoms with Crippen molar-refractivity contribution < 1.29 is 0 Å². The number of nitrogens with zero attached hydrogens (tertiary/aromatic N) is 5. The monoisotopic (exact) mass is 276 g/mol. The van der Waals surface area contributed by atoms with Crippen LogP contribution in [0.25, 0.3) is 5.95 Å². The molecular formula is C12H20N8. The van der Waals surface area contributed by atoms with Crippen LogP contribution in [-0.2, 0) is 0 Å². The summed E-state index contributed by atoms with van der Waals surface area (Å²) in [6.07, 6.45) is 5.03. The van der Waals surface area contributed by atoms with E-state index in [2.05, 4.69) is 58.4 Å². The summed E-state index contributed by atoms with van der Waals surface area (Å²) in [6, 6.07) is 0.186. The highest BCUT2D eigenvalue weighted by Crippen LogP contribution is 2.21. The van der Waals surface area contributed by atoms with E-state index in [9.17, 15) is 0 Å². The van der Waals surface area contributed by atoms with Crippen molar-refractivity contribution in [3.05, 3.63) is 18.7 Å². The van der Waals surface area contributed by atoms with Crippen LogP contribution in [0.3, 0.4) is 0 Å². The van der Waals surface area contributed by atoms with Crippen LogP contribution in [0.4, 0.5) is 11.9 Å². The topological polar surface area (TPSA) is 107 Å². The molecule has 0 aliphatic carbocycles. The van der Waals surface area contributed by atoms with Crippen molar-refractivity contribution in [2.24, 2.45) is 11.3 Å². The second-order valence-corrected chi connectivity index (χ2v) is 5.63. The number of nitrogens with two attached hydrogens (primary N) is 1. The Morgan fingerprint density at radius 1 is 1.20 bits per heavy atom. The standard InChI is InChI=1S/C12H20N8/c1-8(12(2,3)4)15-9-16-10(19-13)18-11(17-9)20-6-5-14-7-20/h5-8H,13H2,1-4H3,(H2,15,16,17,18,19). The van der Waals surface area contributed by atoms with Crippen molar-refractivity contribution in [2.45, 2.75) is 33.7 Å². The van der Waals surface area contributed by atoms with E-state index in [-0.39, 0.29) is 11.5 Å². The van der Waals surface area contributed by atoms with Crippen LogP contribution >= 0.6 is 0 Å². The molecule has 0 amide bonds. The third kappa shape index (κ3) is 3.21. The average molecular weight is 276 g/mol. The van der Waals surface area contributed by atoms with Gasteiger partial charge in [-0.2, -0.15) is 15.0 Å². The molecular weight excluding hydrogens is 256 g/mol. The minimum Gasteiger partial charge on any atom is -0.351 e. The van der Waals surface area contributed by atoms with Gasteiger partial charge in [0.05, 0.1) is 0 Å². The first-order valence-corrected chi connectivity index (χ1v) is 6.37. The van der Waals surface area contributed by atoms with E-state index in [4.69, 9.17) is 5.84 Å². The summed E-state index contributed by atoms with van der Waals surface area (Å²) in [5.74, 6) is 6.62. The predicted octanol–water partition coefficient (Wildman–Crippen LogP) is 1.19. The van der Waals surface area contributed by atoms with Gasteiger partial charge in [-0.15, -0.1) is 0 Å². The van der Waals surface area contributed by atoms with Crippen LogP contribution in [0.1, 0.15) is 27.7 Å². The zero-order chi connectivity index (χ0) is 14.8. The van der Waals surface area contributed by atoms with Gasteiger partial charge in [-0.25, -0.2) is 10.8 Å². The molecule has 8 nitrogen and oxygen atoms in total. The Bertz CT molecular complexity index is 557. The molecule has 2 aromatic rings. The maximum Gasteiger partial charge on any atom is 0.243 e. The largest absolute Gasteiger partial charge is 0.351 e. The van der Waals surface area contributed by atoms with Crippen molar-refractivity contribution >= 4 is 11.9 Å². The number of nitrogens with one attached hydrogen (secondary N) is 2. The molecule has 108 valence electrons. The van der Waals surface area contributed by atoms with Gasteiger partial charge in [0.2, 0.25) is 17.8 Å². The second-order valence-electron chi connectivity index (χ2n) is 5.63. The molecule has 1 atom stereocenters. The Hall–Kier alpha value is -2.22. The molecule has 4 N–H and O–H groups in total. The Kier molecular flexibility index (Phi) is 3.84. The number of anilines is 2. The number of hydrogen-bond acceptors (Lipinski definition) is 7. The first-order chi connectivity index (χ1) is 9.40. The van der Waals surface area contributed by atoms with Crippen molar-refractivity contribution in [1.82, 2.24) is 24.5 Å². The molecule has 0 spiro atoms. The van der Waals surface area contributed by atoms with Gasteiger partial charge in [-0.05, 0) is 12.3 Å². The minimum absolute atomic E-state index is 0.0815. The number of nitrogen functional groups attached to an aromatic ring is 1. The molecule has 0 bridgehead atoms. The normalized spacial score (nSPS) is 13.1. The van der Waals surface area contributed by atoms with E-state index in [1.165, 1.54) is 0 Å². The first kappa shape index (κ1) is 14.2. The molecule has 2 heterocycles. The lowest BCUT2D eigenvalue weighted by molar-refractivity contribution is 0.358. The van der Waals surface area contributed by atoms with Gasteiger partial charge < -0.3 is 5.32 Å². The zero-order valence-corrected chi connectivity index (χ0v) is 12.1. The van der Waals surface area contributed by atoms with E-state index in [1.54, 1.807) is 23.3 Å². The third-order valence-corrected chi connectivity index (χ3v) is 3.13. The van der Waals surface area contributed by atoms with Crippen LogP contribution in [0.5, 0.6) is 0 Å². The van der Waals surface area contributed by atoms with Crippen molar-refractivity contribution in [3.8, 4) is 5.95 Å². The maximum absolute atomic E-state index is 5.40. The number of hydrogen-bond donors (Lipinski definition) is 3. The van der Waals surface area contributed by atoms with Gasteiger partial charge in [-0.1, -0.05) is 20.8 Å². The van der Waals surface area contributed by atoms with Crippen LogP contribution < -0.4 is 16.6 Å². The fourth-order valence-electron chi connectivity index (χ4n) is 1.40. The minimum atomic E-state index is 0.0815. The fourth-order valence-corrected chi connectivity index (χ4v) is 1.40. The van der Waals surface area contributed by atoms with Crippen LogP contribution in [0.2, 0.25) is 0 Å². The summed E-state index contributed by atoms with van der Waals surface area (Å²) in [6.45, 7) is 8.51. The summed E-state index contributed by atoms with van der Waals surface area (Å²) in [7, 11) is 0. The summed E-state index contributed by atoms with van der Waals surface area (Å²) >= 11 is 0. The van der Waals surface area contributed by atoms with Crippen molar-refractivity contribution in [2.75, 3.05) is 10.7 Å². The molecule has 0 aromatic carbocycles. The Labute approximate surface area is 117 Å². The summed E-state index contributed by atoms with van der Waals surface area (Å²) in [5, 5.41) is 3.27. The summed E-state index contributed by atoms with van der Waals surface area (Å²) in [4.78, 5) is 16.7. The maximum atomic E-state index is 5.40. The molecule has 0 fully saturated rings. The van der Waals surface area contributed by atoms with Gasteiger partial charge in [0.15, 0.2) is 0 Å². The lowest BCUT2D eigenvalue weighted by atomic mass is 9.88. The summed E-state index contributed by atoms with van der Waals surface area (Å²) < 4.78 is 1.69. The van der Waals surface area contributed by atoms with Gasteiger partial charge in [0.1, 0.15) is 6.33 Å². The van der Waals surface area contributed by atoms with E-state index in [1.807, 2.05) is 0 Å². The van der Waals surface area contributed by atoms with Gasteiger partial charge in [-0.3, -0.25) is 9.99 Å². The molecule has 0 aliphatic rings. The molecule has 0 saturated heterocycles. The molecule has 2 aromatic heterocycles. The van der Waals surface area contributed by atoms with Gasteiger partial charge in [0.25, 0.3) is 0 Å². The zero-order valence-electron chi connectivity index (χ0n) is 12.1. The average Bonchev–Trinajstić information content (AvgIpc) is 2.91. The summed E-state index contributed by atoms with van der Waals surface area (Å²) in [5.41, 5.74) is 2.53. The van der Waals surface area contributed by atoms with Gasteiger partial charge >= 0.3 is 0 Å². The fraction of sp³-hybridized carbons (Fsp3) is 0.500. The number of imidazole rings is 1. The van der Waals surface area contributed by atoms with Crippen molar-refractivity contribution in [1.29, 1.82) is 0 Å². The number of aromatic nitrogens is 5.